The van der Waals surface area contributed by atoms with Gasteiger partial charge in [0.1, 0.15) is 10.4 Å². The molecule has 0 bridgehead atoms. The third-order valence-corrected chi connectivity index (χ3v) is 7.42. The highest BCUT2D eigenvalue weighted by Gasteiger charge is 2.37. The first-order valence-corrected chi connectivity index (χ1v) is 13.1. The van der Waals surface area contributed by atoms with Gasteiger partial charge in [-0.05, 0) is 58.2 Å². The fourth-order valence-corrected chi connectivity index (χ4v) is 5.13. The van der Waals surface area contributed by atoms with Crippen molar-refractivity contribution in [1.82, 2.24) is 14.3 Å². The summed E-state index contributed by atoms with van der Waals surface area (Å²) in [6.45, 7) is 0.724. The first kappa shape index (κ1) is 28.6. The number of halogens is 5. The Kier molecular flexibility index (Phi) is 8.07. The van der Waals surface area contributed by atoms with Gasteiger partial charge in [-0.2, -0.15) is 13.2 Å². The Morgan fingerprint density at radius 2 is 1.83 bits per heavy atom. The Labute approximate surface area is 239 Å². The maximum atomic E-state index is 13.8. The lowest BCUT2D eigenvalue weighted by Gasteiger charge is -2.15. The van der Waals surface area contributed by atoms with E-state index in [1.165, 1.54) is 58.7 Å². The molecule has 0 radical (unpaired) electrons. The van der Waals surface area contributed by atoms with Crippen molar-refractivity contribution in [2.75, 3.05) is 13.1 Å². The number of likely N-dealkylation sites (tertiary alicyclic amines) is 1. The Balaban J connectivity index is 0.000000365. The maximum Gasteiger partial charge on any atom is 0.491 e. The van der Waals surface area contributed by atoms with Gasteiger partial charge in [-0.1, -0.05) is 12.1 Å². The number of fused-ring (bicyclic) bond motifs is 1. The summed E-state index contributed by atoms with van der Waals surface area (Å²) in [7, 11) is -1.41. The highest BCUT2D eigenvalue weighted by Crippen LogP contribution is 2.38. The fraction of sp³-hybridized carbons (Fsp3) is 0.185. The van der Waals surface area contributed by atoms with Crippen molar-refractivity contribution in [2.45, 2.75) is 18.5 Å². The lowest BCUT2D eigenvalue weighted by atomic mass is 9.83. The normalized spacial score (nSPS) is 15.2. The van der Waals surface area contributed by atoms with E-state index in [9.17, 15) is 22.4 Å². The van der Waals surface area contributed by atoms with Gasteiger partial charge < -0.3 is 23.8 Å². The highest BCUT2D eigenvalue weighted by molar-refractivity contribution is 9.10. The molecule has 1 fully saturated rings. The minimum absolute atomic E-state index is 0.0566. The van der Waals surface area contributed by atoms with Crippen LogP contribution in [0.3, 0.4) is 0 Å². The Bertz CT molecular complexity index is 1660. The lowest BCUT2D eigenvalue weighted by molar-refractivity contribution is -0.136. The smallest absolute Gasteiger partial charge is 0.473 e. The average Bonchev–Trinajstić information content (AvgIpc) is 3.75. The number of furan rings is 2. The van der Waals surface area contributed by atoms with Crippen molar-refractivity contribution < 1.29 is 41.2 Å². The summed E-state index contributed by atoms with van der Waals surface area (Å²) in [5.41, 5.74) is 0.463. The standard InChI is InChI=1S/C23H16BrF4N3O2.C4H5BO3/c24-20-19(22(32)30-6-4-14(10-30)13-2-1-3-17(25)8-13)29-21-18(23(26,27)28)9-16(11-31(20)21)15-5-7-33-12-15;6-5(7)4-1-2-8-3-4/h1-3,5,7-9,11-12,14H,4,6,10H2;1-3,6-7H. The summed E-state index contributed by atoms with van der Waals surface area (Å²) in [5, 5.41) is 16.8. The minimum Gasteiger partial charge on any atom is -0.473 e. The van der Waals surface area contributed by atoms with Crippen molar-refractivity contribution in [3.8, 4) is 11.1 Å². The van der Waals surface area contributed by atoms with Crippen molar-refractivity contribution in [3.63, 3.8) is 0 Å². The molecule has 1 atom stereocenters. The second kappa shape index (κ2) is 11.5. The molecule has 1 aliphatic heterocycles. The minimum atomic E-state index is -4.68. The second-order valence-corrected chi connectivity index (χ2v) is 10.1. The van der Waals surface area contributed by atoms with Gasteiger partial charge in [0.25, 0.3) is 5.91 Å². The molecule has 5 aromatic rings. The largest absolute Gasteiger partial charge is 0.491 e. The van der Waals surface area contributed by atoms with Crippen LogP contribution in [-0.2, 0) is 6.18 Å². The maximum absolute atomic E-state index is 13.8. The number of imidazole rings is 1. The summed E-state index contributed by atoms with van der Waals surface area (Å²) in [5.74, 6) is -0.894. The number of benzene rings is 1. The predicted molar refractivity (Wildman–Crippen MR) is 144 cm³/mol. The Hall–Kier alpha value is -3.88. The number of aromatic nitrogens is 2. The average molecular weight is 634 g/mol. The van der Waals surface area contributed by atoms with E-state index in [2.05, 4.69) is 25.3 Å². The van der Waals surface area contributed by atoms with E-state index in [-0.39, 0.29) is 33.2 Å². The molecule has 1 amide bonds. The van der Waals surface area contributed by atoms with Crippen LogP contribution in [0.1, 0.15) is 34.0 Å². The van der Waals surface area contributed by atoms with Crippen LogP contribution < -0.4 is 5.46 Å². The van der Waals surface area contributed by atoms with Crippen LogP contribution in [0.25, 0.3) is 16.8 Å². The molecule has 0 saturated carbocycles. The predicted octanol–water partition coefficient (Wildman–Crippen LogP) is 5.10. The van der Waals surface area contributed by atoms with Gasteiger partial charge in [0, 0.05) is 41.8 Å². The lowest BCUT2D eigenvalue weighted by Crippen LogP contribution is -2.29. The molecular formula is C27H21BBrF4N3O5. The molecule has 212 valence electrons. The van der Waals surface area contributed by atoms with E-state index in [0.717, 1.165) is 11.6 Å². The number of alkyl halides is 3. The third kappa shape index (κ3) is 6.09. The molecule has 1 unspecified atom stereocenters. The molecule has 1 saturated heterocycles. The molecule has 1 aromatic carbocycles. The first-order chi connectivity index (χ1) is 19.5. The monoisotopic (exact) mass is 633 g/mol. The Morgan fingerprint density at radius 3 is 2.44 bits per heavy atom. The molecule has 14 heteroatoms. The van der Waals surface area contributed by atoms with Crippen LogP contribution in [0.5, 0.6) is 0 Å². The van der Waals surface area contributed by atoms with Crippen molar-refractivity contribution in [1.29, 1.82) is 0 Å². The number of pyridine rings is 1. The third-order valence-electron chi connectivity index (χ3n) is 6.66. The molecule has 5 heterocycles. The number of carbonyl (C=O) groups is 1. The van der Waals surface area contributed by atoms with Crippen molar-refractivity contribution >= 4 is 40.1 Å². The Morgan fingerprint density at radius 1 is 1.07 bits per heavy atom. The van der Waals surface area contributed by atoms with Crippen LogP contribution in [-0.4, -0.2) is 50.4 Å². The quantitative estimate of drug-likeness (QED) is 0.211. The van der Waals surface area contributed by atoms with E-state index >= 15 is 0 Å². The van der Waals surface area contributed by atoms with Gasteiger partial charge in [0.15, 0.2) is 11.3 Å². The van der Waals surface area contributed by atoms with E-state index < -0.39 is 24.8 Å². The zero-order chi connectivity index (χ0) is 29.3. The van der Waals surface area contributed by atoms with Crippen LogP contribution in [0.2, 0.25) is 0 Å². The first-order valence-electron chi connectivity index (χ1n) is 12.3. The van der Waals surface area contributed by atoms with Crippen LogP contribution >= 0.6 is 15.9 Å². The SMILES string of the molecule is O=C(c1nc2c(C(F)(F)F)cc(-c3ccoc3)cn2c1Br)N1CCC(c2cccc(F)c2)C1.OB(O)c1ccoc1. The molecule has 0 spiro atoms. The summed E-state index contributed by atoms with van der Waals surface area (Å²) in [4.78, 5) is 18.8. The summed E-state index contributed by atoms with van der Waals surface area (Å²) in [6, 6.07) is 10.2. The van der Waals surface area contributed by atoms with Gasteiger partial charge in [0.05, 0.1) is 30.6 Å². The van der Waals surface area contributed by atoms with E-state index in [0.29, 0.717) is 30.5 Å². The fourth-order valence-electron chi connectivity index (χ4n) is 4.60. The molecule has 2 N–H and O–H groups in total. The number of hydrogen-bond donors (Lipinski definition) is 2. The number of amides is 1. The molecule has 1 aliphatic rings. The zero-order valence-corrected chi connectivity index (χ0v) is 22.6. The molecule has 6 rings (SSSR count). The number of hydrogen-bond acceptors (Lipinski definition) is 6. The number of nitrogens with zero attached hydrogens (tertiary/aromatic N) is 3. The van der Waals surface area contributed by atoms with Gasteiger partial charge >= 0.3 is 13.3 Å². The molecule has 0 aliphatic carbocycles. The number of carbonyl (C=O) groups excluding carboxylic acids is 1. The van der Waals surface area contributed by atoms with Gasteiger partial charge in [0.2, 0.25) is 0 Å². The van der Waals surface area contributed by atoms with Crippen LogP contribution in [0.15, 0.2) is 87.2 Å². The molecule has 41 heavy (non-hydrogen) atoms. The molecule has 4 aromatic heterocycles. The topological polar surface area (TPSA) is 104 Å². The highest BCUT2D eigenvalue weighted by atomic mass is 79.9. The van der Waals surface area contributed by atoms with Crippen molar-refractivity contribution in [2.24, 2.45) is 0 Å². The van der Waals surface area contributed by atoms with Gasteiger partial charge in [-0.3, -0.25) is 9.20 Å². The summed E-state index contributed by atoms with van der Waals surface area (Å²) < 4.78 is 66.0. The van der Waals surface area contributed by atoms with E-state index in [4.69, 9.17) is 14.5 Å². The van der Waals surface area contributed by atoms with Crippen LogP contribution in [0.4, 0.5) is 17.6 Å². The summed E-state index contributed by atoms with van der Waals surface area (Å²) >= 11 is 3.28. The van der Waals surface area contributed by atoms with E-state index in [1.54, 1.807) is 18.2 Å². The zero-order valence-electron chi connectivity index (χ0n) is 21.1. The number of rotatable bonds is 4. The van der Waals surface area contributed by atoms with Gasteiger partial charge in [-0.15, -0.1) is 0 Å². The van der Waals surface area contributed by atoms with Crippen molar-refractivity contribution in [3.05, 3.63) is 101 Å². The molecule has 8 nitrogen and oxygen atoms in total. The summed E-state index contributed by atoms with van der Waals surface area (Å²) in [6.07, 6.45) is 2.80. The molecular weight excluding hydrogens is 613 g/mol. The van der Waals surface area contributed by atoms with E-state index in [1.807, 2.05) is 0 Å². The second-order valence-electron chi connectivity index (χ2n) is 9.32. The van der Waals surface area contributed by atoms with Crippen LogP contribution in [0, 0.1) is 5.82 Å². The van der Waals surface area contributed by atoms with Gasteiger partial charge in [-0.25, -0.2) is 9.37 Å².